The number of Topliss-reactive ketones (excluding diaryl/α,β-unsaturated/α-hetero) is 1. The van der Waals surface area contributed by atoms with E-state index < -0.39 is 34.4 Å². The number of hydrogen-bond acceptors (Lipinski definition) is 9. The van der Waals surface area contributed by atoms with Gasteiger partial charge in [0.15, 0.2) is 17.2 Å². The minimum absolute atomic E-state index is 0.0539. The summed E-state index contributed by atoms with van der Waals surface area (Å²) in [4.78, 5) is 55.5. The number of fused-ring (bicyclic) bond motifs is 2. The standard InChI is InChI=1S/C17H12BrFN2O3.C10H7BrN2O4/c18-11-4-8-14-20-15(16(23)17(24)21(14)9-11)13(22)7-3-10-1-5-12(19)6-2-10;1-17-10(16)7-8(14)9(15)13-4-5(11)2-3-6(13)12-7/h1-2,4-6,8-9,23H,3,7H2;2-4,14H,1H3. The van der Waals surface area contributed by atoms with Crippen LogP contribution in [0.15, 0.2) is 79.5 Å². The van der Waals surface area contributed by atoms with Crippen LogP contribution in [-0.4, -0.2) is 47.8 Å². The summed E-state index contributed by atoms with van der Waals surface area (Å²) in [7, 11) is 1.15. The number of nitrogens with zero attached hydrogens (tertiary/aromatic N) is 4. The summed E-state index contributed by atoms with van der Waals surface area (Å²) in [5, 5.41) is 19.6. The van der Waals surface area contributed by atoms with E-state index >= 15 is 0 Å². The van der Waals surface area contributed by atoms with Crippen LogP contribution in [0.2, 0.25) is 0 Å². The second-order valence-corrected chi connectivity index (χ2v) is 10.3. The molecule has 2 N–H and O–H groups in total. The molecule has 0 bridgehead atoms. The van der Waals surface area contributed by atoms with E-state index in [9.17, 15) is 33.8 Å². The lowest BCUT2D eigenvalue weighted by molar-refractivity contribution is 0.0590. The SMILES string of the molecule is COC(=O)c1nc2ccc(Br)cn2c(=O)c1O.O=C(CCc1ccc(F)cc1)c1nc2ccc(Br)cn2c(=O)c1O. The number of aromatic hydroxyl groups is 2. The third-order valence-electron chi connectivity index (χ3n) is 5.72. The van der Waals surface area contributed by atoms with Crippen molar-refractivity contribution in [2.45, 2.75) is 12.8 Å². The van der Waals surface area contributed by atoms with Crippen LogP contribution in [0.3, 0.4) is 0 Å². The van der Waals surface area contributed by atoms with Crippen LogP contribution >= 0.6 is 31.9 Å². The zero-order valence-electron chi connectivity index (χ0n) is 21.0. The maximum atomic E-state index is 12.9. The van der Waals surface area contributed by atoms with Crippen LogP contribution in [0.25, 0.3) is 11.3 Å². The molecule has 0 radical (unpaired) electrons. The maximum absolute atomic E-state index is 12.9. The second-order valence-electron chi connectivity index (χ2n) is 8.42. The van der Waals surface area contributed by atoms with E-state index in [2.05, 4.69) is 46.6 Å². The topological polar surface area (TPSA) is 153 Å². The van der Waals surface area contributed by atoms with Crippen molar-refractivity contribution in [3.05, 3.63) is 113 Å². The molecule has 4 heterocycles. The van der Waals surface area contributed by atoms with Crippen LogP contribution in [-0.2, 0) is 11.2 Å². The molecule has 0 aliphatic carbocycles. The second kappa shape index (κ2) is 12.4. The molecule has 210 valence electrons. The Bertz CT molecular complexity index is 1920. The summed E-state index contributed by atoms with van der Waals surface area (Å²) in [5.41, 5.74) is -0.763. The van der Waals surface area contributed by atoms with Crippen molar-refractivity contribution in [2.75, 3.05) is 7.11 Å². The van der Waals surface area contributed by atoms with Crippen molar-refractivity contribution in [1.29, 1.82) is 0 Å². The molecule has 5 aromatic rings. The first-order valence-corrected chi connectivity index (χ1v) is 13.3. The zero-order chi connectivity index (χ0) is 29.8. The van der Waals surface area contributed by atoms with Crippen molar-refractivity contribution in [1.82, 2.24) is 18.8 Å². The monoisotopic (exact) mass is 688 g/mol. The molecular weight excluding hydrogens is 671 g/mol. The Labute approximate surface area is 246 Å². The molecule has 0 saturated carbocycles. The van der Waals surface area contributed by atoms with Gasteiger partial charge in [-0.2, -0.15) is 0 Å². The smallest absolute Gasteiger partial charge is 0.360 e. The molecule has 0 aliphatic heterocycles. The molecule has 41 heavy (non-hydrogen) atoms. The quantitative estimate of drug-likeness (QED) is 0.206. The normalized spacial score (nSPS) is 10.7. The van der Waals surface area contributed by atoms with Gasteiger partial charge in [0.25, 0.3) is 0 Å². The number of hydrogen-bond donors (Lipinski definition) is 2. The van der Waals surface area contributed by atoms with Gasteiger partial charge in [0, 0.05) is 27.8 Å². The van der Waals surface area contributed by atoms with Gasteiger partial charge >= 0.3 is 17.1 Å². The largest absolute Gasteiger partial charge is 0.501 e. The number of methoxy groups -OCH3 is 1. The highest BCUT2D eigenvalue weighted by Crippen LogP contribution is 2.17. The predicted octanol–water partition coefficient (Wildman–Crippen LogP) is 4.07. The van der Waals surface area contributed by atoms with Crippen LogP contribution in [0.4, 0.5) is 4.39 Å². The molecule has 14 heteroatoms. The van der Waals surface area contributed by atoms with Gasteiger partial charge in [0.05, 0.1) is 7.11 Å². The summed E-state index contributed by atoms with van der Waals surface area (Å²) >= 11 is 6.42. The van der Waals surface area contributed by atoms with E-state index in [1.54, 1.807) is 30.3 Å². The molecule has 4 aromatic heterocycles. The highest BCUT2D eigenvalue weighted by atomic mass is 79.9. The van der Waals surface area contributed by atoms with Crippen molar-refractivity contribution >= 4 is 54.9 Å². The van der Waals surface area contributed by atoms with Gasteiger partial charge in [-0.15, -0.1) is 0 Å². The third-order valence-corrected chi connectivity index (χ3v) is 6.66. The summed E-state index contributed by atoms with van der Waals surface area (Å²) in [5.74, 6) is -3.05. The highest BCUT2D eigenvalue weighted by Gasteiger charge is 2.20. The first kappa shape index (κ1) is 29.6. The number of ketones is 1. The summed E-state index contributed by atoms with van der Waals surface area (Å²) < 4.78 is 20.9. The van der Waals surface area contributed by atoms with Gasteiger partial charge in [-0.3, -0.25) is 23.2 Å². The number of esters is 1. The molecule has 0 atom stereocenters. The molecule has 0 amide bonds. The maximum Gasteiger partial charge on any atom is 0.360 e. The van der Waals surface area contributed by atoms with Gasteiger partial charge in [-0.25, -0.2) is 19.2 Å². The van der Waals surface area contributed by atoms with Gasteiger partial charge in [0.1, 0.15) is 17.1 Å². The lowest BCUT2D eigenvalue weighted by atomic mass is 10.1. The van der Waals surface area contributed by atoms with Crippen molar-refractivity contribution in [3.8, 4) is 11.5 Å². The summed E-state index contributed by atoms with van der Waals surface area (Å²) in [6.45, 7) is 0. The summed E-state index contributed by atoms with van der Waals surface area (Å²) in [6.07, 6.45) is 3.33. The number of halogens is 3. The van der Waals surface area contributed by atoms with Crippen molar-refractivity contribution in [2.24, 2.45) is 0 Å². The lowest BCUT2D eigenvalue weighted by Crippen LogP contribution is -2.19. The summed E-state index contributed by atoms with van der Waals surface area (Å²) in [6, 6.07) is 12.3. The zero-order valence-corrected chi connectivity index (χ0v) is 24.2. The Morgan fingerprint density at radius 3 is 1.83 bits per heavy atom. The van der Waals surface area contributed by atoms with Crippen molar-refractivity contribution in [3.63, 3.8) is 0 Å². The number of ether oxygens (including phenoxy) is 1. The number of aromatic nitrogens is 4. The van der Waals surface area contributed by atoms with Gasteiger partial charge in [-0.05, 0) is 80.2 Å². The Morgan fingerprint density at radius 2 is 1.32 bits per heavy atom. The molecule has 1 aromatic carbocycles. The number of rotatable bonds is 5. The van der Waals surface area contributed by atoms with Crippen LogP contribution < -0.4 is 11.1 Å². The first-order valence-electron chi connectivity index (χ1n) is 11.7. The van der Waals surface area contributed by atoms with Crippen LogP contribution in [0.5, 0.6) is 11.5 Å². The van der Waals surface area contributed by atoms with E-state index in [1.165, 1.54) is 30.6 Å². The highest BCUT2D eigenvalue weighted by molar-refractivity contribution is 9.10. The van der Waals surface area contributed by atoms with E-state index in [4.69, 9.17) is 0 Å². The number of benzene rings is 1. The van der Waals surface area contributed by atoms with E-state index in [-0.39, 0.29) is 34.9 Å². The average Bonchev–Trinajstić information content (AvgIpc) is 2.96. The molecule has 11 nitrogen and oxygen atoms in total. The average molecular weight is 690 g/mol. The fourth-order valence-corrected chi connectivity index (χ4v) is 4.34. The van der Waals surface area contributed by atoms with E-state index in [0.717, 1.165) is 21.5 Å². The Kier molecular flexibility index (Phi) is 8.93. The fourth-order valence-electron chi connectivity index (χ4n) is 3.67. The number of carbonyl (C=O) groups is 2. The molecule has 0 spiro atoms. The van der Waals surface area contributed by atoms with Crippen LogP contribution in [0.1, 0.15) is 33.0 Å². The number of aryl methyl sites for hydroxylation is 1. The third kappa shape index (κ3) is 6.49. The van der Waals surface area contributed by atoms with E-state index in [1.807, 2.05) is 0 Å². The molecule has 0 saturated heterocycles. The Hall–Kier alpha value is -4.43. The van der Waals surface area contributed by atoms with Gasteiger partial charge in [0.2, 0.25) is 11.5 Å². The Morgan fingerprint density at radius 1 is 0.829 bits per heavy atom. The van der Waals surface area contributed by atoms with Gasteiger partial charge < -0.3 is 14.9 Å². The Balaban J connectivity index is 0.000000201. The minimum Gasteiger partial charge on any atom is -0.501 e. The molecule has 5 rings (SSSR count). The first-order chi connectivity index (χ1) is 19.5. The number of pyridine rings is 2. The molecule has 0 fully saturated rings. The van der Waals surface area contributed by atoms with E-state index in [0.29, 0.717) is 15.4 Å². The predicted molar refractivity (Wildman–Crippen MR) is 152 cm³/mol. The van der Waals surface area contributed by atoms with Crippen LogP contribution in [0, 0.1) is 5.82 Å². The molecule has 0 aliphatic rings. The lowest BCUT2D eigenvalue weighted by Gasteiger charge is -2.07. The number of carbonyl (C=O) groups excluding carboxylic acids is 2. The fraction of sp³-hybridized carbons (Fsp3) is 0.111. The molecular formula is C27H19Br2FN4O7. The van der Waals surface area contributed by atoms with Crippen molar-refractivity contribution < 1.29 is 28.9 Å². The minimum atomic E-state index is -0.856. The molecule has 0 unspecified atom stereocenters. The van der Waals surface area contributed by atoms with Gasteiger partial charge in [-0.1, -0.05) is 12.1 Å².